The molecular formula is C20H30Cl2N4O2. The number of anilines is 1. The lowest BCUT2D eigenvalue weighted by atomic mass is 9.88. The summed E-state index contributed by atoms with van der Waals surface area (Å²) in [5.41, 5.74) is 2.32. The lowest BCUT2D eigenvalue weighted by Gasteiger charge is -2.39. The van der Waals surface area contributed by atoms with Gasteiger partial charge in [0, 0.05) is 44.3 Å². The van der Waals surface area contributed by atoms with Gasteiger partial charge in [0.25, 0.3) is 0 Å². The van der Waals surface area contributed by atoms with E-state index in [1.807, 2.05) is 28.0 Å². The molecule has 0 aromatic heterocycles. The molecule has 1 unspecified atom stereocenters. The minimum absolute atomic E-state index is 0. The SMILES string of the molecule is CC(C(=O)N1CCN(CC(=O)N2CCc3ccccc32)CC1)C1CNC1.Cl.Cl. The second-order valence-corrected chi connectivity index (χ2v) is 7.73. The highest BCUT2D eigenvalue weighted by Gasteiger charge is 2.33. The Morgan fingerprint density at radius 2 is 1.75 bits per heavy atom. The van der Waals surface area contributed by atoms with Gasteiger partial charge in [-0.05, 0) is 37.1 Å². The molecule has 0 saturated carbocycles. The average Bonchev–Trinajstić information content (AvgIpc) is 3.04. The van der Waals surface area contributed by atoms with E-state index < -0.39 is 0 Å². The minimum atomic E-state index is 0. The number of hydrogen-bond acceptors (Lipinski definition) is 4. The van der Waals surface area contributed by atoms with Gasteiger partial charge in [-0.25, -0.2) is 0 Å². The standard InChI is InChI=1S/C20H28N4O2.2ClH/c1-15(17-12-21-13-17)20(26)23-10-8-22(9-11-23)14-19(25)24-7-6-16-4-2-3-5-18(16)24;;/h2-5,15,17,21H,6-14H2,1H3;2*1H. The van der Waals surface area contributed by atoms with Gasteiger partial charge in [0.2, 0.25) is 11.8 Å². The molecule has 3 heterocycles. The predicted molar refractivity (Wildman–Crippen MR) is 116 cm³/mol. The molecule has 2 amide bonds. The molecule has 156 valence electrons. The molecule has 1 N–H and O–H groups in total. The Hall–Kier alpha value is -1.34. The number of carbonyl (C=O) groups is 2. The third-order valence-corrected chi connectivity index (χ3v) is 6.14. The highest BCUT2D eigenvalue weighted by molar-refractivity contribution is 5.96. The molecule has 0 spiro atoms. The van der Waals surface area contributed by atoms with Crippen LogP contribution in [0.15, 0.2) is 24.3 Å². The van der Waals surface area contributed by atoms with Crippen LogP contribution in [-0.4, -0.2) is 74.0 Å². The van der Waals surface area contributed by atoms with Crippen molar-refractivity contribution in [2.24, 2.45) is 11.8 Å². The lowest BCUT2D eigenvalue weighted by Crippen LogP contribution is -2.55. The van der Waals surface area contributed by atoms with Crippen molar-refractivity contribution in [3.05, 3.63) is 29.8 Å². The number of hydrogen-bond donors (Lipinski definition) is 1. The molecular weight excluding hydrogens is 399 g/mol. The van der Waals surface area contributed by atoms with Gasteiger partial charge in [0.1, 0.15) is 0 Å². The first kappa shape index (κ1) is 22.9. The van der Waals surface area contributed by atoms with Crippen molar-refractivity contribution in [2.45, 2.75) is 13.3 Å². The molecule has 1 aromatic carbocycles. The molecule has 2 fully saturated rings. The third-order valence-electron chi connectivity index (χ3n) is 6.14. The van der Waals surface area contributed by atoms with Crippen LogP contribution in [-0.2, 0) is 16.0 Å². The number of fused-ring (bicyclic) bond motifs is 1. The van der Waals surface area contributed by atoms with E-state index in [1.165, 1.54) is 5.56 Å². The van der Waals surface area contributed by atoms with Gasteiger partial charge in [-0.1, -0.05) is 25.1 Å². The van der Waals surface area contributed by atoms with Crippen LogP contribution in [0.2, 0.25) is 0 Å². The largest absolute Gasteiger partial charge is 0.340 e. The Bertz CT molecular complexity index is 691. The highest BCUT2D eigenvalue weighted by atomic mass is 35.5. The van der Waals surface area contributed by atoms with Gasteiger partial charge in [-0.15, -0.1) is 24.8 Å². The van der Waals surface area contributed by atoms with Crippen molar-refractivity contribution < 1.29 is 9.59 Å². The second-order valence-electron chi connectivity index (χ2n) is 7.73. The van der Waals surface area contributed by atoms with Crippen molar-refractivity contribution in [3.63, 3.8) is 0 Å². The zero-order valence-corrected chi connectivity index (χ0v) is 17.9. The maximum Gasteiger partial charge on any atom is 0.241 e. The van der Waals surface area contributed by atoms with Gasteiger partial charge in [0.15, 0.2) is 0 Å². The summed E-state index contributed by atoms with van der Waals surface area (Å²) in [7, 11) is 0. The topological polar surface area (TPSA) is 55.9 Å². The summed E-state index contributed by atoms with van der Waals surface area (Å²) < 4.78 is 0. The third kappa shape index (κ3) is 4.62. The molecule has 8 heteroatoms. The Balaban J connectivity index is 0.00000140. The number of nitrogens with one attached hydrogen (secondary N) is 1. The number of piperazine rings is 1. The van der Waals surface area contributed by atoms with Gasteiger partial charge >= 0.3 is 0 Å². The van der Waals surface area contributed by atoms with E-state index in [-0.39, 0.29) is 42.5 Å². The van der Waals surface area contributed by atoms with Crippen molar-refractivity contribution in [1.29, 1.82) is 0 Å². The van der Waals surface area contributed by atoms with Gasteiger partial charge in [-0.2, -0.15) is 0 Å². The molecule has 2 saturated heterocycles. The molecule has 1 aromatic rings. The summed E-state index contributed by atoms with van der Waals surface area (Å²) in [6, 6.07) is 8.16. The number of nitrogens with zero attached hydrogens (tertiary/aromatic N) is 3. The van der Waals surface area contributed by atoms with Crippen LogP contribution in [0.5, 0.6) is 0 Å². The van der Waals surface area contributed by atoms with Crippen molar-refractivity contribution in [3.8, 4) is 0 Å². The van der Waals surface area contributed by atoms with Gasteiger partial charge < -0.3 is 15.1 Å². The number of rotatable bonds is 4. The highest BCUT2D eigenvalue weighted by Crippen LogP contribution is 2.27. The molecule has 0 radical (unpaired) electrons. The first-order valence-electron chi connectivity index (χ1n) is 9.73. The summed E-state index contributed by atoms with van der Waals surface area (Å²) in [6.07, 6.45) is 0.943. The first-order chi connectivity index (χ1) is 12.6. The Morgan fingerprint density at radius 3 is 2.39 bits per heavy atom. The fourth-order valence-electron chi connectivity index (χ4n) is 4.15. The molecule has 28 heavy (non-hydrogen) atoms. The Morgan fingerprint density at radius 1 is 1.07 bits per heavy atom. The van der Waals surface area contributed by atoms with Crippen LogP contribution in [0, 0.1) is 11.8 Å². The van der Waals surface area contributed by atoms with Crippen molar-refractivity contribution >= 4 is 42.3 Å². The number of para-hydroxylation sites is 1. The Kier molecular flexibility index (Phi) is 8.13. The van der Waals surface area contributed by atoms with Crippen LogP contribution in [0.3, 0.4) is 0 Å². The zero-order chi connectivity index (χ0) is 18.1. The molecule has 0 aliphatic carbocycles. The predicted octanol–water partition coefficient (Wildman–Crippen LogP) is 1.42. The van der Waals surface area contributed by atoms with Crippen molar-refractivity contribution in [1.82, 2.24) is 15.1 Å². The summed E-state index contributed by atoms with van der Waals surface area (Å²) in [5.74, 6) is 1.03. The van der Waals surface area contributed by atoms with E-state index in [0.717, 1.165) is 57.9 Å². The van der Waals surface area contributed by atoms with E-state index in [9.17, 15) is 9.59 Å². The summed E-state index contributed by atoms with van der Waals surface area (Å²) in [5, 5.41) is 3.24. The van der Waals surface area contributed by atoms with E-state index in [4.69, 9.17) is 0 Å². The summed E-state index contributed by atoms with van der Waals surface area (Å²) >= 11 is 0. The fraction of sp³-hybridized carbons (Fsp3) is 0.600. The zero-order valence-electron chi connectivity index (χ0n) is 16.3. The van der Waals surface area contributed by atoms with Gasteiger partial charge in [0.05, 0.1) is 6.54 Å². The quantitative estimate of drug-likeness (QED) is 0.787. The molecule has 0 bridgehead atoms. The van der Waals surface area contributed by atoms with E-state index in [1.54, 1.807) is 0 Å². The average molecular weight is 429 g/mol. The van der Waals surface area contributed by atoms with Crippen LogP contribution < -0.4 is 10.2 Å². The number of amides is 2. The maximum atomic E-state index is 12.7. The van der Waals surface area contributed by atoms with Crippen LogP contribution in [0.1, 0.15) is 12.5 Å². The van der Waals surface area contributed by atoms with Gasteiger partial charge in [-0.3, -0.25) is 14.5 Å². The fourth-order valence-corrected chi connectivity index (χ4v) is 4.15. The summed E-state index contributed by atoms with van der Waals surface area (Å²) in [6.45, 7) is 8.21. The molecule has 1 atom stereocenters. The van der Waals surface area contributed by atoms with E-state index in [2.05, 4.69) is 23.2 Å². The molecule has 3 aliphatic rings. The van der Waals surface area contributed by atoms with E-state index in [0.29, 0.717) is 12.5 Å². The number of benzene rings is 1. The molecule has 3 aliphatic heterocycles. The molecule has 6 nitrogen and oxygen atoms in total. The second kappa shape index (κ2) is 9.92. The van der Waals surface area contributed by atoms with Crippen LogP contribution >= 0.6 is 24.8 Å². The number of halogens is 2. The monoisotopic (exact) mass is 428 g/mol. The summed E-state index contributed by atoms with van der Waals surface area (Å²) in [4.78, 5) is 31.4. The smallest absolute Gasteiger partial charge is 0.241 e. The van der Waals surface area contributed by atoms with E-state index >= 15 is 0 Å². The Labute approximate surface area is 179 Å². The lowest BCUT2D eigenvalue weighted by molar-refractivity contribution is -0.139. The van der Waals surface area contributed by atoms with Crippen LogP contribution in [0.4, 0.5) is 5.69 Å². The van der Waals surface area contributed by atoms with Crippen LogP contribution in [0.25, 0.3) is 0 Å². The normalized spacial score (nSPS) is 20.5. The molecule has 4 rings (SSSR count). The minimum Gasteiger partial charge on any atom is -0.340 e. The van der Waals surface area contributed by atoms with Crippen molar-refractivity contribution in [2.75, 3.05) is 57.3 Å². The maximum absolute atomic E-state index is 12.7. The number of carbonyl (C=O) groups excluding carboxylic acids is 2. The first-order valence-corrected chi connectivity index (χ1v) is 9.73.